The average Bonchev–Trinajstić information content (AvgIpc) is 3.06. The van der Waals surface area contributed by atoms with Crippen molar-refractivity contribution in [3.8, 4) is 10.8 Å². The maximum Gasteiger partial charge on any atom is 0.325 e. The maximum absolute atomic E-state index is 11.6. The second-order valence-electron chi connectivity index (χ2n) is 3.65. The van der Waals surface area contributed by atoms with Gasteiger partial charge in [-0.1, -0.05) is 0 Å². The number of ether oxygens (including phenoxy) is 1. The molecule has 2 aromatic heterocycles. The second kappa shape index (κ2) is 6.14. The molecular formula is C12H12N2O4S. The van der Waals surface area contributed by atoms with Gasteiger partial charge in [0.25, 0.3) is 0 Å². The maximum atomic E-state index is 11.6. The molecule has 0 saturated heterocycles. The zero-order valence-electron chi connectivity index (χ0n) is 10.2. The Morgan fingerprint density at radius 1 is 1.53 bits per heavy atom. The van der Waals surface area contributed by atoms with E-state index in [1.54, 1.807) is 23.8 Å². The van der Waals surface area contributed by atoms with E-state index >= 15 is 0 Å². The summed E-state index contributed by atoms with van der Waals surface area (Å²) in [7, 11) is 1.27. The number of esters is 1. The Hall–Kier alpha value is -2.15. The highest BCUT2D eigenvalue weighted by Gasteiger charge is 2.11. The van der Waals surface area contributed by atoms with E-state index in [2.05, 4.69) is 15.0 Å². The van der Waals surface area contributed by atoms with Gasteiger partial charge in [-0.25, -0.2) is 4.98 Å². The number of hydrogen-bond acceptors (Lipinski definition) is 6. The first kappa shape index (κ1) is 13.3. The minimum absolute atomic E-state index is 0.119. The predicted octanol–water partition coefficient (Wildman–Crippen LogP) is 1.23. The van der Waals surface area contributed by atoms with Crippen LogP contribution in [0.1, 0.15) is 5.69 Å². The number of hydrogen-bond donors (Lipinski definition) is 1. The van der Waals surface area contributed by atoms with Gasteiger partial charge in [0.1, 0.15) is 6.54 Å². The zero-order chi connectivity index (χ0) is 13.7. The fourth-order valence-corrected chi connectivity index (χ4v) is 2.16. The van der Waals surface area contributed by atoms with Crippen molar-refractivity contribution in [2.75, 3.05) is 13.7 Å². The number of carbonyl (C=O) groups excluding carboxylic acids is 2. The number of furan rings is 1. The third kappa shape index (κ3) is 3.65. The van der Waals surface area contributed by atoms with Gasteiger partial charge in [0, 0.05) is 5.38 Å². The van der Waals surface area contributed by atoms with E-state index in [-0.39, 0.29) is 18.9 Å². The lowest BCUT2D eigenvalue weighted by atomic mass is 10.3. The summed E-state index contributed by atoms with van der Waals surface area (Å²) < 4.78 is 9.64. The number of aromatic nitrogens is 1. The Morgan fingerprint density at radius 3 is 3.05 bits per heavy atom. The molecule has 0 atom stereocenters. The molecule has 0 saturated carbocycles. The first-order valence-corrected chi connectivity index (χ1v) is 6.39. The van der Waals surface area contributed by atoms with Crippen LogP contribution in [0.15, 0.2) is 28.2 Å². The smallest absolute Gasteiger partial charge is 0.325 e. The van der Waals surface area contributed by atoms with Gasteiger partial charge in [-0.3, -0.25) is 9.59 Å². The highest BCUT2D eigenvalue weighted by molar-refractivity contribution is 7.13. The van der Waals surface area contributed by atoms with E-state index in [0.717, 1.165) is 5.01 Å². The molecule has 0 spiro atoms. The van der Waals surface area contributed by atoms with Gasteiger partial charge in [0.05, 0.1) is 25.5 Å². The van der Waals surface area contributed by atoms with Crippen LogP contribution < -0.4 is 5.32 Å². The lowest BCUT2D eigenvalue weighted by molar-refractivity contribution is -0.141. The molecule has 0 aliphatic rings. The van der Waals surface area contributed by atoms with Crippen LogP contribution in [0, 0.1) is 0 Å². The Balaban J connectivity index is 1.89. The molecule has 100 valence electrons. The molecule has 0 bridgehead atoms. The number of carbonyl (C=O) groups is 2. The molecule has 0 aliphatic heterocycles. The lowest BCUT2D eigenvalue weighted by Crippen LogP contribution is -2.31. The molecule has 6 nitrogen and oxygen atoms in total. The fourth-order valence-electron chi connectivity index (χ4n) is 1.37. The first-order chi connectivity index (χ1) is 9.19. The van der Waals surface area contributed by atoms with Gasteiger partial charge >= 0.3 is 5.97 Å². The number of methoxy groups -OCH3 is 1. The van der Waals surface area contributed by atoms with Crippen molar-refractivity contribution in [2.45, 2.75) is 6.42 Å². The van der Waals surface area contributed by atoms with E-state index < -0.39 is 5.97 Å². The quantitative estimate of drug-likeness (QED) is 0.833. The summed E-state index contributed by atoms with van der Waals surface area (Å²) >= 11 is 1.40. The van der Waals surface area contributed by atoms with Crippen LogP contribution in [0.25, 0.3) is 10.8 Å². The second-order valence-corrected chi connectivity index (χ2v) is 4.51. The van der Waals surface area contributed by atoms with E-state index in [1.165, 1.54) is 18.4 Å². The fraction of sp³-hybridized carbons (Fsp3) is 0.250. The molecule has 0 fully saturated rings. The van der Waals surface area contributed by atoms with Gasteiger partial charge in [-0.05, 0) is 12.1 Å². The number of nitrogens with one attached hydrogen (secondary N) is 1. The van der Waals surface area contributed by atoms with Crippen molar-refractivity contribution < 1.29 is 18.7 Å². The van der Waals surface area contributed by atoms with Gasteiger partial charge in [0.2, 0.25) is 5.91 Å². The van der Waals surface area contributed by atoms with Crippen LogP contribution >= 0.6 is 11.3 Å². The summed E-state index contributed by atoms with van der Waals surface area (Å²) in [5.41, 5.74) is 0.638. The van der Waals surface area contributed by atoms with Gasteiger partial charge < -0.3 is 14.5 Å². The van der Waals surface area contributed by atoms with Crippen molar-refractivity contribution in [1.29, 1.82) is 0 Å². The van der Waals surface area contributed by atoms with Crippen LogP contribution in [0.2, 0.25) is 0 Å². The van der Waals surface area contributed by atoms with E-state index in [1.807, 2.05) is 0 Å². The summed E-state index contributed by atoms with van der Waals surface area (Å²) in [6.45, 7) is -0.134. The zero-order valence-corrected chi connectivity index (χ0v) is 11.0. The van der Waals surface area contributed by atoms with E-state index in [9.17, 15) is 9.59 Å². The number of thiazole rings is 1. The highest BCUT2D eigenvalue weighted by Crippen LogP contribution is 2.23. The molecule has 7 heteroatoms. The standard InChI is InChI=1S/C12H12N2O4S/c1-17-11(16)6-13-10(15)5-8-7-19-12(14-8)9-3-2-4-18-9/h2-4,7H,5-6H2,1H3,(H,13,15). The molecule has 2 rings (SSSR count). The monoisotopic (exact) mass is 280 g/mol. The molecule has 2 heterocycles. The Kier molecular flexibility index (Phi) is 4.30. The Bertz CT molecular complexity index is 562. The van der Waals surface area contributed by atoms with Crippen LogP contribution in [0.5, 0.6) is 0 Å². The van der Waals surface area contributed by atoms with Crippen LogP contribution in [-0.4, -0.2) is 30.5 Å². The molecule has 0 unspecified atom stereocenters. The largest absolute Gasteiger partial charge is 0.468 e. The number of nitrogens with zero attached hydrogens (tertiary/aromatic N) is 1. The van der Waals surface area contributed by atoms with Crippen LogP contribution in [-0.2, 0) is 20.7 Å². The SMILES string of the molecule is COC(=O)CNC(=O)Cc1csc(-c2ccco2)n1. The minimum atomic E-state index is -0.483. The van der Waals surface area contributed by atoms with Gasteiger partial charge in [-0.2, -0.15) is 0 Å². The lowest BCUT2D eigenvalue weighted by Gasteiger charge is -2.01. The molecule has 0 radical (unpaired) electrons. The summed E-state index contributed by atoms with van der Waals surface area (Å²) in [6.07, 6.45) is 1.69. The molecular weight excluding hydrogens is 268 g/mol. The van der Waals surface area contributed by atoms with Crippen LogP contribution in [0.4, 0.5) is 0 Å². The molecule has 1 N–H and O–H groups in total. The number of rotatable bonds is 5. The summed E-state index contributed by atoms with van der Waals surface area (Å²) in [6, 6.07) is 3.58. The third-order valence-electron chi connectivity index (χ3n) is 2.28. The number of amides is 1. The van der Waals surface area contributed by atoms with Crippen LogP contribution in [0.3, 0.4) is 0 Å². The average molecular weight is 280 g/mol. The third-order valence-corrected chi connectivity index (χ3v) is 3.19. The van der Waals surface area contributed by atoms with Gasteiger partial charge in [0.15, 0.2) is 10.8 Å². The molecule has 0 aliphatic carbocycles. The summed E-state index contributed by atoms with van der Waals surface area (Å²) in [5.74, 6) is -0.0872. The predicted molar refractivity (Wildman–Crippen MR) is 68.5 cm³/mol. The van der Waals surface area contributed by atoms with E-state index in [4.69, 9.17) is 4.42 Å². The van der Waals surface area contributed by atoms with Crippen molar-refractivity contribution in [1.82, 2.24) is 10.3 Å². The summed E-state index contributed by atoms with van der Waals surface area (Å²) in [4.78, 5) is 26.7. The van der Waals surface area contributed by atoms with Gasteiger partial charge in [-0.15, -0.1) is 11.3 Å². The first-order valence-electron chi connectivity index (χ1n) is 5.51. The van der Waals surface area contributed by atoms with Crippen molar-refractivity contribution in [3.63, 3.8) is 0 Å². The minimum Gasteiger partial charge on any atom is -0.468 e. The normalized spacial score (nSPS) is 10.2. The summed E-state index contributed by atoms with van der Waals surface area (Å²) in [5, 5.41) is 4.96. The molecule has 0 aromatic carbocycles. The molecule has 1 amide bonds. The Labute approximate surface area is 113 Å². The van der Waals surface area contributed by atoms with Crippen molar-refractivity contribution in [3.05, 3.63) is 29.5 Å². The van der Waals surface area contributed by atoms with Crippen molar-refractivity contribution >= 4 is 23.2 Å². The molecule has 2 aromatic rings. The highest BCUT2D eigenvalue weighted by atomic mass is 32.1. The van der Waals surface area contributed by atoms with Crippen molar-refractivity contribution in [2.24, 2.45) is 0 Å². The topological polar surface area (TPSA) is 81.4 Å². The molecule has 19 heavy (non-hydrogen) atoms. The Morgan fingerprint density at radius 2 is 2.37 bits per heavy atom. The van der Waals surface area contributed by atoms with E-state index in [0.29, 0.717) is 11.5 Å².